The Morgan fingerprint density at radius 2 is 2.10 bits per heavy atom. The molecule has 1 aliphatic heterocycles. The zero-order valence-electron chi connectivity index (χ0n) is 11.7. The van der Waals surface area contributed by atoms with Crippen molar-refractivity contribution < 1.29 is 9.59 Å². The molecule has 1 spiro atoms. The monoisotopic (exact) mass is 292 g/mol. The molecule has 108 valence electrons. The molecule has 5 heteroatoms. The highest BCUT2D eigenvalue weighted by atomic mass is 32.1. The molecule has 2 heterocycles. The first-order valence-electron chi connectivity index (χ1n) is 7.28. The van der Waals surface area contributed by atoms with E-state index in [9.17, 15) is 9.59 Å². The van der Waals surface area contributed by atoms with Crippen LogP contribution in [0, 0.1) is 0 Å². The van der Waals surface area contributed by atoms with Gasteiger partial charge in [0.2, 0.25) is 11.8 Å². The van der Waals surface area contributed by atoms with Crippen molar-refractivity contribution in [1.29, 1.82) is 0 Å². The maximum Gasteiger partial charge on any atom is 0.249 e. The number of hydrogen-bond donors (Lipinski definition) is 1. The summed E-state index contributed by atoms with van der Waals surface area (Å²) in [5.74, 6) is 0.0979. The lowest BCUT2D eigenvalue weighted by atomic mass is 9.78. The second-order valence-electron chi connectivity index (χ2n) is 5.82. The normalized spacial score (nSPS) is 25.9. The van der Waals surface area contributed by atoms with Gasteiger partial charge in [0.15, 0.2) is 0 Å². The average molecular weight is 292 g/mol. The number of hydrogen-bond acceptors (Lipinski definition) is 3. The molecule has 4 nitrogen and oxygen atoms in total. The van der Waals surface area contributed by atoms with Crippen LogP contribution in [0.1, 0.15) is 43.9 Å². The Morgan fingerprint density at radius 1 is 1.35 bits per heavy atom. The highest BCUT2D eigenvalue weighted by Gasteiger charge is 2.49. The van der Waals surface area contributed by atoms with Crippen LogP contribution in [0.15, 0.2) is 17.5 Å². The van der Waals surface area contributed by atoms with Crippen LogP contribution < -0.4 is 5.32 Å². The number of thiophene rings is 1. The number of nitrogens with zero attached hydrogens (tertiary/aromatic N) is 1. The second kappa shape index (κ2) is 5.20. The van der Waals surface area contributed by atoms with E-state index in [1.807, 2.05) is 24.4 Å². The zero-order chi connectivity index (χ0) is 14.2. The van der Waals surface area contributed by atoms with Crippen LogP contribution in [0.4, 0.5) is 0 Å². The summed E-state index contributed by atoms with van der Waals surface area (Å²) in [6.45, 7) is 2.36. The Labute approximate surface area is 123 Å². The molecule has 2 amide bonds. The molecule has 2 fully saturated rings. The van der Waals surface area contributed by atoms with E-state index >= 15 is 0 Å². The molecule has 0 aromatic carbocycles. The van der Waals surface area contributed by atoms with E-state index in [4.69, 9.17) is 0 Å². The molecular weight excluding hydrogens is 272 g/mol. The molecule has 1 atom stereocenters. The fourth-order valence-electron chi connectivity index (χ4n) is 3.26. The fraction of sp³-hybridized carbons (Fsp3) is 0.600. The van der Waals surface area contributed by atoms with Crippen molar-refractivity contribution in [3.05, 3.63) is 22.4 Å². The van der Waals surface area contributed by atoms with Crippen molar-refractivity contribution in [2.45, 2.75) is 57.2 Å². The van der Waals surface area contributed by atoms with E-state index in [1.54, 1.807) is 16.2 Å². The smallest absolute Gasteiger partial charge is 0.249 e. The van der Waals surface area contributed by atoms with E-state index < -0.39 is 5.54 Å². The van der Waals surface area contributed by atoms with Crippen LogP contribution >= 0.6 is 11.3 Å². The quantitative estimate of drug-likeness (QED) is 0.909. The first-order chi connectivity index (χ1) is 9.62. The predicted octanol–water partition coefficient (Wildman–Crippen LogP) is 2.30. The Morgan fingerprint density at radius 3 is 2.75 bits per heavy atom. The summed E-state index contributed by atoms with van der Waals surface area (Å²) >= 11 is 1.63. The number of rotatable bonds is 2. The third-order valence-electron chi connectivity index (χ3n) is 4.49. The van der Waals surface area contributed by atoms with Gasteiger partial charge >= 0.3 is 0 Å². The minimum atomic E-state index is -0.626. The number of piperazine rings is 1. The van der Waals surface area contributed by atoms with Crippen molar-refractivity contribution in [3.8, 4) is 0 Å². The largest absolute Gasteiger partial charge is 0.340 e. The molecule has 2 aliphatic rings. The topological polar surface area (TPSA) is 49.4 Å². The second-order valence-corrected chi connectivity index (χ2v) is 6.85. The van der Waals surface area contributed by atoms with Crippen LogP contribution in [0.3, 0.4) is 0 Å². The van der Waals surface area contributed by atoms with Crippen molar-refractivity contribution in [1.82, 2.24) is 10.2 Å². The Bertz CT molecular complexity index is 506. The lowest BCUT2D eigenvalue weighted by Crippen LogP contribution is -2.69. The SMILES string of the molecule is CC1C(=O)NC2(CCCCC2)C(=O)N1Cc1cccs1. The molecular formula is C15H20N2O2S. The summed E-state index contributed by atoms with van der Waals surface area (Å²) in [5.41, 5.74) is -0.626. The van der Waals surface area contributed by atoms with Gasteiger partial charge in [0.1, 0.15) is 11.6 Å². The van der Waals surface area contributed by atoms with Crippen molar-refractivity contribution in [2.75, 3.05) is 0 Å². The number of carbonyl (C=O) groups is 2. The third-order valence-corrected chi connectivity index (χ3v) is 5.35. The van der Waals surface area contributed by atoms with Gasteiger partial charge in [-0.2, -0.15) is 0 Å². The number of amides is 2. The van der Waals surface area contributed by atoms with Gasteiger partial charge in [0.25, 0.3) is 0 Å². The number of carbonyl (C=O) groups excluding carboxylic acids is 2. The van der Waals surface area contributed by atoms with Crippen molar-refractivity contribution in [3.63, 3.8) is 0 Å². The minimum Gasteiger partial charge on any atom is -0.340 e. The molecule has 1 N–H and O–H groups in total. The van der Waals surface area contributed by atoms with Crippen molar-refractivity contribution >= 4 is 23.2 Å². The first kappa shape index (κ1) is 13.6. The standard InChI is InChI=1S/C15H20N2O2S/c1-11-13(18)16-15(7-3-2-4-8-15)14(19)17(11)10-12-6-5-9-20-12/h5-6,9,11H,2-4,7-8,10H2,1H3,(H,16,18). The summed E-state index contributed by atoms with van der Waals surface area (Å²) in [6, 6.07) is 3.62. The van der Waals surface area contributed by atoms with Crippen LogP contribution in [0.25, 0.3) is 0 Å². The van der Waals surface area contributed by atoms with E-state index in [-0.39, 0.29) is 17.9 Å². The maximum atomic E-state index is 12.9. The van der Waals surface area contributed by atoms with E-state index in [2.05, 4.69) is 5.32 Å². The minimum absolute atomic E-state index is 0.0111. The Hall–Kier alpha value is -1.36. The highest BCUT2D eigenvalue weighted by molar-refractivity contribution is 7.09. The molecule has 0 bridgehead atoms. The summed E-state index contributed by atoms with van der Waals surface area (Å²) in [5, 5.41) is 5.02. The lowest BCUT2D eigenvalue weighted by Gasteiger charge is -2.46. The average Bonchev–Trinajstić information content (AvgIpc) is 2.96. The van der Waals surface area contributed by atoms with Gasteiger partial charge in [0, 0.05) is 4.88 Å². The molecule has 20 heavy (non-hydrogen) atoms. The molecule has 0 radical (unpaired) electrons. The highest BCUT2D eigenvalue weighted by Crippen LogP contribution is 2.34. The molecule has 1 unspecified atom stereocenters. The van der Waals surface area contributed by atoms with Crippen LogP contribution in [0.5, 0.6) is 0 Å². The van der Waals surface area contributed by atoms with E-state index in [1.165, 1.54) is 0 Å². The van der Waals surface area contributed by atoms with Crippen LogP contribution in [-0.2, 0) is 16.1 Å². The Kier molecular flexibility index (Phi) is 3.54. The first-order valence-corrected chi connectivity index (χ1v) is 8.16. The van der Waals surface area contributed by atoms with Crippen LogP contribution in [0.2, 0.25) is 0 Å². The fourth-order valence-corrected chi connectivity index (χ4v) is 3.96. The van der Waals surface area contributed by atoms with Gasteiger partial charge in [-0.25, -0.2) is 0 Å². The predicted molar refractivity (Wildman–Crippen MR) is 78.3 cm³/mol. The van der Waals surface area contributed by atoms with Gasteiger partial charge in [0.05, 0.1) is 6.54 Å². The summed E-state index contributed by atoms with van der Waals surface area (Å²) in [7, 11) is 0. The van der Waals surface area contributed by atoms with E-state index in [0.717, 1.165) is 37.0 Å². The van der Waals surface area contributed by atoms with E-state index in [0.29, 0.717) is 6.54 Å². The Balaban J connectivity index is 1.86. The van der Waals surface area contributed by atoms with Gasteiger partial charge in [-0.05, 0) is 31.2 Å². The van der Waals surface area contributed by atoms with Crippen LogP contribution in [-0.4, -0.2) is 28.3 Å². The molecule has 1 aromatic rings. The molecule has 1 aliphatic carbocycles. The molecule has 1 saturated heterocycles. The molecule has 1 saturated carbocycles. The number of nitrogens with one attached hydrogen (secondary N) is 1. The van der Waals surface area contributed by atoms with Gasteiger partial charge < -0.3 is 10.2 Å². The summed E-state index contributed by atoms with van der Waals surface area (Å²) in [4.78, 5) is 28.0. The zero-order valence-corrected chi connectivity index (χ0v) is 12.5. The van der Waals surface area contributed by atoms with Crippen molar-refractivity contribution in [2.24, 2.45) is 0 Å². The third kappa shape index (κ3) is 2.24. The maximum absolute atomic E-state index is 12.9. The summed E-state index contributed by atoms with van der Waals surface area (Å²) in [6.07, 6.45) is 4.77. The van der Waals surface area contributed by atoms with Gasteiger partial charge in [-0.1, -0.05) is 25.3 Å². The molecule has 3 rings (SSSR count). The van der Waals surface area contributed by atoms with Gasteiger partial charge in [-0.3, -0.25) is 9.59 Å². The van der Waals surface area contributed by atoms with Gasteiger partial charge in [-0.15, -0.1) is 11.3 Å². The lowest BCUT2D eigenvalue weighted by molar-refractivity contribution is -0.156. The summed E-state index contributed by atoms with van der Waals surface area (Å²) < 4.78 is 0. The molecule has 1 aromatic heterocycles.